The fraction of sp³-hybridized carbons (Fsp3) is 0.129. The SMILES string of the molecule is COc1ccc([C@@H]2c3ccc4c(OC)cccc4c3Oc3ncn4nc(-c5ccccc5Cl)nc4c32)cc1OC. The molecule has 6 aromatic rings. The number of methoxy groups -OCH3 is 3. The molecule has 0 saturated carbocycles. The molecular weight excluding hydrogens is 528 g/mol. The van der Waals surface area contributed by atoms with Crippen LogP contribution in [0.3, 0.4) is 0 Å². The maximum atomic E-state index is 6.56. The van der Waals surface area contributed by atoms with E-state index >= 15 is 0 Å². The number of rotatable bonds is 5. The molecule has 7 rings (SSSR count). The maximum absolute atomic E-state index is 6.56. The fourth-order valence-corrected chi connectivity index (χ4v) is 5.64. The van der Waals surface area contributed by atoms with E-state index in [1.807, 2.05) is 60.7 Å². The highest BCUT2D eigenvalue weighted by Gasteiger charge is 2.35. The van der Waals surface area contributed by atoms with E-state index in [4.69, 9.17) is 45.6 Å². The second kappa shape index (κ2) is 9.43. The molecule has 0 radical (unpaired) electrons. The van der Waals surface area contributed by atoms with E-state index in [1.54, 1.807) is 32.2 Å². The van der Waals surface area contributed by atoms with Crippen LogP contribution in [0.15, 0.2) is 79.1 Å². The van der Waals surface area contributed by atoms with Crippen LogP contribution in [0.2, 0.25) is 5.02 Å². The van der Waals surface area contributed by atoms with Gasteiger partial charge in [0.2, 0.25) is 5.88 Å². The molecule has 0 fully saturated rings. The van der Waals surface area contributed by atoms with Crippen molar-refractivity contribution in [2.75, 3.05) is 21.3 Å². The van der Waals surface area contributed by atoms with Crippen LogP contribution in [0.4, 0.5) is 0 Å². The molecule has 9 heteroatoms. The standard InChI is InChI=1S/C31H23ClN4O4/c1-37-23-10-6-8-19-18(23)12-13-21-26(17-11-14-24(38-2)25(15-17)39-3)27-30-34-29(20-7-4-5-9-22(20)32)35-36(30)16-33-31(27)40-28(19)21/h4-16,26H,1-3H3/t26-/m1/s1. The van der Waals surface area contributed by atoms with Gasteiger partial charge in [-0.15, -0.1) is 5.10 Å². The van der Waals surface area contributed by atoms with E-state index in [2.05, 4.69) is 12.1 Å². The van der Waals surface area contributed by atoms with E-state index in [0.717, 1.165) is 38.8 Å². The van der Waals surface area contributed by atoms with Gasteiger partial charge in [0.15, 0.2) is 23.0 Å². The molecule has 2 aromatic heterocycles. The molecule has 1 atom stereocenters. The highest BCUT2D eigenvalue weighted by molar-refractivity contribution is 6.33. The Labute approximate surface area is 234 Å². The summed E-state index contributed by atoms with van der Waals surface area (Å²) in [6, 6.07) is 23.5. The Morgan fingerprint density at radius 2 is 1.65 bits per heavy atom. The van der Waals surface area contributed by atoms with E-state index < -0.39 is 0 Å². The molecule has 198 valence electrons. The summed E-state index contributed by atoms with van der Waals surface area (Å²) in [5.41, 5.74) is 4.06. The first-order chi connectivity index (χ1) is 19.6. The molecular formula is C31H23ClN4O4. The van der Waals surface area contributed by atoms with Crippen molar-refractivity contribution < 1.29 is 18.9 Å². The Hall–Kier alpha value is -4.82. The van der Waals surface area contributed by atoms with Gasteiger partial charge in [-0.3, -0.25) is 0 Å². The van der Waals surface area contributed by atoms with Crippen molar-refractivity contribution in [1.82, 2.24) is 19.6 Å². The number of nitrogens with zero attached hydrogens (tertiary/aromatic N) is 4. The molecule has 8 nitrogen and oxygen atoms in total. The molecule has 1 aliphatic rings. The van der Waals surface area contributed by atoms with Crippen LogP contribution in [0.5, 0.6) is 28.9 Å². The van der Waals surface area contributed by atoms with Gasteiger partial charge in [0.05, 0.1) is 31.9 Å². The Morgan fingerprint density at radius 1 is 0.825 bits per heavy atom. The maximum Gasteiger partial charge on any atom is 0.228 e. The average Bonchev–Trinajstić information content (AvgIpc) is 3.43. The fourth-order valence-electron chi connectivity index (χ4n) is 5.42. The molecule has 0 N–H and O–H groups in total. The lowest BCUT2D eigenvalue weighted by molar-refractivity contribution is 0.354. The predicted molar refractivity (Wildman–Crippen MR) is 152 cm³/mol. The minimum atomic E-state index is -0.298. The third-order valence-corrected chi connectivity index (χ3v) is 7.59. The van der Waals surface area contributed by atoms with Gasteiger partial charge >= 0.3 is 0 Å². The lowest BCUT2D eigenvalue weighted by atomic mass is 9.82. The van der Waals surface area contributed by atoms with Gasteiger partial charge in [-0.2, -0.15) is 0 Å². The number of halogens is 1. The minimum Gasteiger partial charge on any atom is -0.496 e. The predicted octanol–water partition coefficient (Wildman–Crippen LogP) is 6.91. The van der Waals surface area contributed by atoms with Crippen molar-refractivity contribution in [2.45, 2.75) is 5.92 Å². The Balaban J connectivity index is 1.52. The average molecular weight is 551 g/mol. The summed E-state index contributed by atoms with van der Waals surface area (Å²) in [5.74, 6) is 3.40. The van der Waals surface area contributed by atoms with Crippen molar-refractivity contribution >= 4 is 28.0 Å². The highest BCUT2D eigenvalue weighted by atomic mass is 35.5. The van der Waals surface area contributed by atoms with Gasteiger partial charge in [-0.05, 0) is 35.9 Å². The first-order valence-electron chi connectivity index (χ1n) is 12.6. The highest BCUT2D eigenvalue weighted by Crippen LogP contribution is 2.52. The van der Waals surface area contributed by atoms with Crippen LogP contribution in [0.25, 0.3) is 27.8 Å². The molecule has 0 unspecified atom stereocenters. The van der Waals surface area contributed by atoms with E-state index in [0.29, 0.717) is 39.6 Å². The molecule has 0 spiro atoms. The van der Waals surface area contributed by atoms with Gasteiger partial charge in [-0.25, -0.2) is 14.5 Å². The van der Waals surface area contributed by atoms with Gasteiger partial charge in [-0.1, -0.05) is 54.1 Å². The molecule has 3 heterocycles. The third kappa shape index (κ3) is 3.64. The third-order valence-electron chi connectivity index (χ3n) is 7.26. The smallest absolute Gasteiger partial charge is 0.228 e. The molecule has 1 aliphatic heterocycles. The number of hydrogen-bond donors (Lipinski definition) is 0. The number of fused-ring (bicyclic) bond motifs is 6. The zero-order valence-electron chi connectivity index (χ0n) is 21.9. The molecule has 0 aliphatic carbocycles. The summed E-state index contributed by atoms with van der Waals surface area (Å²) in [6.45, 7) is 0. The Bertz CT molecular complexity index is 1940. The monoisotopic (exact) mass is 550 g/mol. The van der Waals surface area contributed by atoms with Gasteiger partial charge < -0.3 is 18.9 Å². The Morgan fingerprint density at radius 3 is 2.45 bits per heavy atom. The van der Waals surface area contributed by atoms with E-state index in [-0.39, 0.29) is 5.92 Å². The lowest BCUT2D eigenvalue weighted by Crippen LogP contribution is -2.15. The minimum absolute atomic E-state index is 0.298. The van der Waals surface area contributed by atoms with Crippen molar-refractivity contribution in [1.29, 1.82) is 0 Å². The topological polar surface area (TPSA) is 80.0 Å². The number of benzene rings is 4. The van der Waals surface area contributed by atoms with Gasteiger partial charge in [0, 0.05) is 27.8 Å². The number of hydrogen-bond acceptors (Lipinski definition) is 7. The molecule has 4 aromatic carbocycles. The summed E-state index contributed by atoms with van der Waals surface area (Å²) >= 11 is 6.50. The molecule has 0 saturated heterocycles. The van der Waals surface area contributed by atoms with Crippen LogP contribution in [-0.2, 0) is 0 Å². The lowest BCUT2D eigenvalue weighted by Gasteiger charge is -2.29. The Kier molecular flexibility index (Phi) is 5.71. The van der Waals surface area contributed by atoms with Gasteiger partial charge in [0.25, 0.3) is 0 Å². The molecule has 0 bridgehead atoms. The van der Waals surface area contributed by atoms with E-state index in [1.165, 1.54) is 0 Å². The van der Waals surface area contributed by atoms with Gasteiger partial charge in [0.1, 0.15) is 17.8 Å². The largest absolute Gasteiger partial charge is 0.496 e. The zero-order valence-corrected chi connectivity index (χ0v) is 22.6. The van der Waals surface area contributed by atoms with Crippen LogP contribution in [-0.4, -0.2) is 40.9 Å². The van der Waals surface area contributed by atoms with Crippen LogP contribution < -0.4 is 18.9 Å². The van der Waals surface area contributed by atoms with Crippen LogP contribution >= 0.6 is 11.6 Å². The number of aromatic nitrogens is 4. The van der Waals surface area contributed by atoms with Crippen molar-refractivity contribution in [3.8, 4) is 40.3 Å². The summed E-state index contributed by atoms with van der Waals surface area (Å²) in [6.07, 6.45) is 1.61. The van der Waals surface area contributed by atoms with Crippen LogP contribution in [0, 0.1) is 0 Å². The van der Waals surface area contributed by atoms with E-state index in [9.17, 15) is 0 Å². The normalized spacial score (nSPS) is 13.9. The van der Waals surface area contributed by atoms with Crippen molar-refractivity contribution in [3.63, 3.8) is 0 Å². The second-order valence-electron chi connectivity index (χ2n) is 9.34. The summed E-state index contributed by atoms with van der Waals surface area (Å²) < 4.78 is 25.1. The number of ether oxygens (including phenoxy) is 4. The quantitative estimate of drug-likeness (QED) is 0.230. The first-order valence-corrected chi connectivity index (χ1v) is 13.0. The van der Waals surface area contributed by atoms with Crippen molar-refractivity contribution in [3.05, 3.63) is 101 Å². The second-order valence-corrected chi connectivity index (χ2v) is 9.74. The first kappa shape index (κ1) is 24.2. The molecule has 0 amide bonds. The van der Waals surface area contributed by atoms with Crippen molar-refractivity contribution in [2.24, 2.45) is 0 Å². The zero-order chi connectivity index (χ0) is 27.4. The van der Waals surface area contributed by atoms with Crippen LogP contribution in [0.1, 0.15) is 22.6 Å². The summed E-state index contributed by atoms with van der Waals surface area (Å²) in [4.78, 5) is 9.64. The summed E-state index contributed by atoms with van der Waals surface area (Å²) in [7, 11) is 4.91. The summed E-state index contributed by atoms with van der Waals surface area (Å²) in [5, 5.41) is 7.15. The molecule has 40 heavy (non-hydrogen) atoms.